The Labute approximate surface area is 273 Å². The number of likely N-dealkylation sites (N-methyl/N-ethyl adjacent to an activating group) is 2. The summed E-state index contributed by atoms with van der Waals surface area (Å²) in [6.07, 6.45) is 0. The number of hydrogen-bond acceptors (Lipinski definition) is 8. The molecule has 12 heteroatoms. The van der Waals surface area contributed by atoms with Crippen LogP contribution >= 0.6 is 0 Å². The first-order valence-electron chi connectivity index (χ1n) is 15.8. The van der Waals surface area contributed by atoms with Crippen LogP contribution in [0.25, 0.3) is 11.3 Å². The van der Waals surface area contributed by atoms with Crippen LogP contribution in [0.1, 0.15) is 21.5 Å². The van der Waals surface area contributed by atoms with Crippen molar-refractivity contribution in [1.82, 2.24) is 20.0 Å². The van der Waals surface area contributed by atoms with Gasteiger partial charge in [0.1, 0.15) is 0 Å². The maximum atomic E-state index is 14.3. The first-order chi connectivity index (χ1) is 22.7. The number of aromatic carboxylic acids is 1. The van der Waals surface area contributed by atoms with Gasteiger partial charge in [-0.1, -0.05) is 36.4 Å². The van der Waals surface area contributed by atoms with Crippen molar-refractivity contribution in [2.45, 2.75) is 0 Å². The van der Waals surface area contributed by atoms with Crippen LogP contribution < -0.4 is 20.4 Å². The number of hydrogen-bond donors (Lipinski definition) is 3. The third-order valence-corrected chi connectivity index (χ3v) is 8.92. The van der Waals surface area contributed by atoms with Crippen LogP contribution in [0.3, 0.4) is 0 Å². The summed E-state index contributed by atoms with van der Waals surface area (Å²) in [5, 5.41) is 16.4. The lowest BCUT2D eigenvalue weighted by Gasteiger charge is -2.32. The molecule has 0 unspecified atom stereocenters. The molecule has 2 fully saturated rings. The number of anilines is 3. The SMILES string of the molecule is CN1CCN(CC(=O)N(C)c2ccc(N/C(=C3\C(=O)N(C(=O)N4CCNCC4)c4cc(C(=O)O)ccc43)c3ccccc3)cc2)CC1. The number of piperazine rings is 2. The van der Waals surface area contributed by atoms with Gasteiger partial charge in [0.05, 0.1) is 29.1 Å². The van der Waals surface area contributed by atoms with E-state index in [1.807, 2.05) is 54.6 Å². The highest BCUT2D eigenvalue weighted by Crippen LogP contribution is 2.42. The predicted octanol–water partition coefficient (Wildman–Crippen LogP) is 2.95. The van der Waals surface area contributed by atoms with Gasteiger partial charge in [0.2, 0.25) is 5.91 Å². The molecule has 12 nitrogen and oxygen atoms in total. The van der Waals surface area contributed by atoms with E-state index in [1.54, 1.807) is 22.9 Å². The number of nitrogens with one attached hydrogen (secondary N) is 2. The molecular formula is C35H39N7O5. The van der Waals surface area contributed by atoms with Gasteiger partial charge < -0.3 is 30.4 Å². The van der Waals surface area contributed by atoms with Crippen LogP contribution in [0.15, 0.2) is 72.8 Å². The number of urea groups is 1. The minimum absolute atomic E-state index is 0.00508. The average molecular weight is 638 g/mol. The molecule has 3 aliphatic heterocycles. The molecule has 47 heavy (non-hydrogen) atoms. The van der Waals surface area contributed by atoms with Crippen LogP contribution in [-0.4, -0.2) is 117 Å². The molecule has 3 aliphatic rings. The average Bonchev–Trinajstić information content (AvgIpc) is 3.39. The molecule has 4 amide bonds. The van der Waals surface area contributed by atoms with Crippen LogP contribution in [0.5, 0.6) is 0 Å². The highest BCUT2D eigenvalue weighted by atomic mass is 16.4. The summed E-state index contributed by atoms with van der Waals surface area (Å²) < 4.78 is 0. The number of rotatable bonds is 7. The number of carboxylic acids is 1. The van der Waals surface area contributed by atoms with Crippen molar-refractivity contribution in [1.29, 1.82) is 0 Å². The van der Waals surface area contributed by atoms with Gasteiger partial charge in [-0.05, 0) is 49.0 Å². The molecule has 3 aromatic carbocycles. The Hall–Kier alpha value is -5.04. The minimum Gasteiger partial charge on any atom is -0.478 e. The highest BCUT2D eigenvalue weighted by molar-refractivity contribution is 6.44. The second-order valence-electron chi connectivity index (χ2n) is 12.0. The zero-order valence-corrected chi connectivity index (χ0v) is 26.6. The van der Waals surface area contributed by atoms with Crippen molar-refractivity contribution >= 4 is 52.1 Å². The Morgan fingerprint density at radius 2 is 1.55 bits per heavy atom. The molecule has 3 heterocycles. The number of benzene rings is 3. The lowest BCUT2D eigenvalue weighted by Crippen LogP contribution is -2.52. The maximum absolute atomic E-state index is 14.3. The predicted molar refractivity (Wildman–Crippen MR) is 181 cm³/mol. The monoisotopic (exact) mass is 637 g/mol. The number of carboxylic acid groups (broad SMARTS) is 1. The van der Waals surface area contributed by atoms with Gasteiger partial charge in [-0.2, -0.15) is 0 Å². The fraction of sp³-hybridized carbons (Fsp3) is 0.314. The van der Waals surface area contributed by atoms with E-state index >= 15 is 0 Å². The van der Waals surface area contributed by atoms with Gasteiger partial charge in [0.25, 0.3) is 5.91 Å². The number of amides is 4. The number of carbonyl (C=O) groups is 4. The fourth-order valence-electron chi connectivity index (χ4n) is 6.07. The summed E-state index contributed by atoms with van der Waals surface area (Å²) in [6.45, 7) is 5.99. The molecular weight excluding hydrogens is 598 g/mol. The standard InChI is InChI=1S/C35H39N7O5/c1-38-18-20-40(21-19-38)23-30(43)39(2)27-11-9-26(10-12-27)37-32(24-6-4-3-5-7-24)31-28-13-8-25(34(45)46)22-29(28)42(33(31)44)35(47)41-16-14-36-15-17-41/h3-13,22,36-37H,14-21,23H2,1-2H3,(H,45,46)/b32-31-. The molecule has 3 N–H and O–H groups in total. The maximum Gasteiger partial charge on any atom is 0.335 e. The van der Waals surface area contributed by atoms with E-state index < -0.39 is 17.9 Å². The van der Waals surface area contributed by atoms with Crippen molar-refractivity contribution < 1.29 is 24.3 Å². The molecule has 0 aromatic heterocycles. The van der Waals surface area contributed by atoms with Crippen molar-refractivity contribution in [3.63, 3.8) is 0 Å². The second-order valence-corrected chi connectivity index (χ2v) is 12.0. The van der Waals surface area contributed by atoms with Crippen molar-refractivity contribution in [3.8, 4) is 0 Å². The molecule has 3 aromatic rings. The largest absolute Gasteiger partial charge is 0.478 e. The van der Waals surface area contributed by atoms with Crippen LogP contribution in [0, 0.1) is 0 Å². The lowest BCUT2D eigenvalue weighted by molar-refractivity contribution is -0.119. The smallest absolute Gasteiger partial charge is 0.335 e. The van der Waals surface area contributed by atoms with Gasteiger partial charge in [-0.25, -0.2) is 14.5 Å². The number of nitrogens with zero attached hydrogens (tertiary/aromatic N) is 5. The zero-order chi connectivity index (χ0) is 33.1. The first kappa shape index (κ1) is 31.9. The number of fused-ring (bicyclic) bond motifs is 1. The van der Waals surface area contributed by atoms with E-state index in [4.69, 9.17) is 0 Å². The fourth-order valence-corrected chi connectivity index (χ4v) is 6.07. The van der Waals surface area contributed by atoms with Gasteiger partial charge in [0, 0.05) is 76.3 Å². The third-order valence-electron chi connectivity index (χ3n) is 8.92. The number of carbonyl (C=O) groups excluding carboxylic acids is 3. The van der Waals surface area contributed by atoms with E-state index in [2.05, 4.69) is 27.5 Å². The Kier molecular flexibility index (Phi) is 9.34. The first-order valence-corrected chi connectivity index (χ1v) is 15.8. The summed E-state index contributed by atoms with van der Waals surface area (Å²) in [5.74, 6) is -1.69. The molecule has 6 rings (SSSR count). The quantitative estimate of drug-likeness (QED) is 0.335. The normalized spacial score (nSPS) is 18.1. The van der Waals surface area contributed by atoms with Gasteiger partial charge in [-0.3, -0.25) is 14.5 Å². The van der Waals surface area contributed by atoms with Gasteiger partial charge in [-0.15, -0.1) is 0 Å². The molecule has 0 atom stereocenters. The van der Waals surface area contributed by atoms with Crippen LogP contribution in [0.4, 0.5) is 21.9 Å². The van der Waals surface area contributed by atoms with Crippen molar-refractivity contribution in [3.05, 3.63) is 89.5 Å². The molecule has 0 radical (unpaired) electrons. The highest BCUT2D eigenvalue weighted by Gasteiger charge is 2.41. The zero-order valence-electron chi connectivity index (χ0n) is 26.6. The molecule has 2 saturated heterocycles. The van der Waals surface area contributed by atoms with Gasteiger partial charge >= 0.3 is 12.0 Å². The van der Waals surface area contributed by atoms with E-state index in [9.17, 15) is 24.3 Å². The molecule has 0 saturated carbocycles. The summed E-state index contributed by atoms with van der Waals surface area (Å²) >= 11 is 0. The molecule has 0 aliphatic carbocycles. The third kappa shape index (κ3) is 6.75. The lowest BCUT2D eigenvalue weighted by atomic mass is 9.99. The van der Waals surface area contributed by atoms with E-state index in [0.717, 1.165) is 36.8 Å². The minimum atomic E-state index is -1.15. The Bertz CT molecular complexity index is 1690. The van der Waals surface area contributed by atoms with Crippen LogP contribution in [0.2, 0.25) is 0 Å². The van der Waals surface area contributed by atoms with Crippen molar-refractivity contribution in [2.24, 2.45) is 0 Å². The summed E-state index contributed by atoms with van der Waals surface area (Å²) in [4.78, 5) is 61.8. The van der Waals surface area contributed by atoms with E-state index in [-0.39, 0.29) is 22.7 Å². The van der Waals surface area contributed by atoms with Crippen LogP contribution in [-0.2, 0) is 9.59 Å². The topological polar surface area (TPSA) is 129 Å². The summed E-state index contributed by atoms with van der Waals surface area (Å²) in [7, 11) is 3.85. The van der Waals surface area contributed by atoms with E-state index in [1.165, 1.54) is 12.1 Å². The van der Waals surface area contributed by atoms with E-state index in [0.29, 0.717) is 55.2 Å². The molecule has 244 valence electrons. The summed E-state index contributed by atoms with van der Waals surface area (Å²) in [5.41, 5.74) is 3.53. The Balaban J connectivity index is 1.33. The second kappa shape index (κ2) is 13.8. The number of imide groups is 1. The Morgan fingerprint density at radius 1 is 0.872 bits per heavy atom. The molecule has 0 bridgehead atoms. The van der Waals surface area contributed by atoms with Crippen molar-refractivity contribution in [2.75, 3.05) is 88.1 Å². The van der Waals surface area contributed by atoms with Gasteiger partial charge in [0.15, 0.2) is 0 Å². The molecule has 0 spiro atoms. The Morgan fingerprint density at radius 3 is 2.21 bits per heavy atom. The summed E-state index contributed by atoms with van der Waals surface area (Å²) in [6, 6.07) is 20.6.